The van der Waals surface area contributed by atoms with Gasteiger partial charge in [0.15, 0.2) is 5.82 Å². The van der Waals surface area contributed by atoms with Gasteiger partial charge in [-0.2, -0.15) is 4.98 Å². The lowest BCUT2D eigenvalue weighted by atomic mass is 10.1. The first-order valence-corrected chi connectivity index (χ1v) is 14.7. The van der Waals surface area contributed by atoms with E-state index in [9.17, 15) is 13.8 Å². The highest BCUT2D eigenvalue weighted by molar-refractivity contribution is 7.98. The number of nitrogens with zero attached hydrogens (tertiary/aromatic N) is 5. The Hall–Kier alpha value is -4.22. The van der Waals surface area contributed by atoms with Crippen LogP contribution in [0.3, 0.4) is 0 Å². The van der Waals surface area contributed by atoms with Crippen molar-refractivity contribution < 1.29 is 13.8 Å². The highest BCUT2D eigenvalue weighted by Gasteiger charge is 2.29. The van der Waals surface area contributed by atoms with Gasteiger partial charge in [-0.1, -0.05) is 24.3 Å². The van der Waals surface area contributed by atoms with Gasteiger partial charge in [-0.3, -0.25) is 9.59 Å². The van der Waals surface area contributed by atoms with Gasteiger partial charge in [-0.25, -0.2) is 13.5 Å². The number of nitrogens with one attached hydrogen (secondary N) is 2. The number of hydrogen-bond acceptors (Lipinski definition) is 7. The highest BCUT2D eigenvalue weighted by Crippen LogP contribution is 2.38. The number of amides is 2. The molecular formula is C29H33N7O3S. The van der Waals surface area contributed by atoms with Crippen LogP contribution < -0.4 is 20.4 Å². The van der Waals surface area contributed by atoms with Gasteiger partial charge in [-0.15, -0.1) is 0 Å². The molecule has 0 aliphatic carbocycles. The maximum Gasteiger partial charge on any atom is 0.260 e. The van der Waals surface area contributed by atoms with Gasteiger partial charge >= 0.3 is 0 Å². The van der Waals surface area contributed by atoms with Crippen molar-refractivity contribution in [2.45, 2.75) is 30.7 Å². The molecule has 0 saturated carbocycles. The van der Waals surface area contributed by atoms with Crippen molar-refractivity contribution >= 4 is 56.2 Å². The minimum atomic E-state index is -2.75. The van der Waals surface area contributed by atoms with Crippen molar-refractivity contribution in [1.29, 1.82) is 0 Å². The SMILES string of the molecule is C=CC(=O)NC1CCN(S(=C)(=O)c2cccc(Nc3ncc4c(n3)N(C)c3ccc(C)cc3C(=O)N4C)c2)CC1. The van der Waals surface area contributed by atoms with E-state index in [0.29, 0.717) is 59.5 Å². The van der Waals surface area contributed by atoms with Gasteiger partial charge in [0.2, 0.25) is 11.9 Å². The Bertz CT molecular complexity index is 1600. The molecule has 2 aliphatic heterocycles. The van der Waals surface area contributed by atoms with Gasteiger partial charge in [0.25, 0.3) is 5.91 Å². The number of carbonyl (C=O) groups excluding carboxylic acids is 2. The quantitative estimate of drug-likeness (QED) is 0.350. The summed E-state index contributed by atoms with van der Waals surface area (Å²) in [5, 5.41) is 6.14. The van der Waals surface area contributed by atoms with Crippen LogP contribution in [0.15, 0.2) is 66.2 Å². The largest absolute Gasteiger partial charge is 0.350 e. The molecule has 1 fully saturated rings. The predicted molar refractivity (Wildman–Crippen MR) is 160 cm³/mol. The summed E-state index contributed by atoms with van der Waals surface area (Å²) in [6.07, 6.45) is 4.25. The zero-order valence-electron chi connectivity index (χ0n) is 22.9. The number of piperidine rings is 1. The number of anilines is 5. The maximum atomic E-state index is 13.8. The standard InChI is InChI=1S/C29H33N7O3S/c1-6-26(37)31-20-12-14-36(15-13-20)40(5,39)22-9-7-8-21(17-22)32-29-30-18-25-27(33-29)34(3)24-11-10-19(2)16-23(24)28(38)35(25)4/h6-11,16-18,20H,1,5,12-15H2,2-4H3,(H,31,37)(H,30,32,33). The van der Waals surface area contributed by atoms with E-state index in [2.05, 4.69) is 28.1 Å². The molecule has 0 spiro atoms. The Labute approximate surface area is 234 Å². The lowest BCUT2D eigenvalue weighted by molar-refractivity contribution is -0.117. The molecule has 1 atom stereocenters. The second-order valence-electron chi connectivity index (χ2n) is 10.1. The molecule has 208 valence electrons. The molecule has 2 N–H and O–H groups in total. The molecule has 0 bridgehead atoms. The van der Waals surface area contributed by atoms with Gasteiger partial charge in [0.05, 0.1) is 27.2 Å². The Morgan fingerprint density at radius 2 is 1.85 bits per heavy atom. The van der Waals surface area contributed by atoms with Gasteiger partial charge < -0.3 is 20.4 Å². The van der Waals surface area contributed by atoms with E-state index in [1.165, 1.54) is 6.08 Å². The predicted octanol–water partition coefficient (Wildman–Crippen LogP) is 3.64. The summed E-state index contributed by atoms with van der Waals surface area (Å²) in [5.74, 6) is 4.68. The van der Waals surface area contributed by atoms with E-state index in [-0.39, 0.29) is 17.9 Å². The average molecular weight is 560 g/mol. The number of hydrogen-bond donors (Lipinski definition) is 2. The first kappa shape index (κ1) is 27.4. The maximum absolute atomic E-state index is 13.8. The Morgan fingerprint density at radius 3 is 2.58 bits per heavy atom. The van der Waals surface area contributed by atoms with Crippen molar-refractivity contribution in [1.82, 2.24) is 19.6 Å². The monoisotopic (exact) mass is 559 g/mol. The normalized spacial score (nSPS) is 17.3. The highest BCUT2D eigenvalue weighted by atomic mass is 32.2. The van der Waals surface area contributed by atoms with E-state index in [0.717, 1.165) is 11.3 Å². The van der Waals surface area contributed by atoms with Crippen LogP contribution in [-0.4, -0.2) is 69.4 Å². The molecule has 1 unspecified atom stereocenters. The first-order valence-electron chi connectivity index (χ1n) is 13.0. The summed E-state index contributed by atoms with van der Waals surface area (Å²) in [7, 11) is 0.846. The van der Waals surface area contributed by atoms with Crippen LogP contribution in [0.5, 0.6) is 0 Å². The van der Waals surface area contributed by atoms with Crippen molar-refractivity contribution in [2.75, 3.05) is 42.3 Å². The van der Waals surface area contributed by atoms with Crippen molar-refractivity contribution in [3.8, 4) is 0 Å². The van der Waals surface area contributed by atoms with Crippen molar-refractivity contribution in [3.63, 3.8) is 0 Å². The van der Waals surface area contributed by atoms with Gasteiger partial charge in [0, 0.05) is 43.8 Å². The lowest BCUT2D eigenvalue weighted by Gasteiger charge is -2.34. The summed E-state index contributed by atoms with van der Waals surface area (Å²) < 4.78 is 15.7. The fourth-order valence-electron chi connectivity index (χ4n) is 5.03. The van der Waals surface area contributed by atoms with Gasteiger partial charge in [-0.05, 0) is 62.0 Å². The molecule has 2 aromatic carbocycles. The van der Waals surface area contributed by atoms with Crippen LogP contribution in [0.2, 0.25) is 0 Å². The van der Waals surface area contributed by atoms with Crippen LogP contribution in [0.1, 0.15) is 28.8 Å². The minimum absolute atomic E-state index is 0.0266. The average Bonchev–Trinajstić information content (AvgIpc) is 3.02. The topological polar surface area (TPSA) is 111 Å². The van der Waals surface area contributed by atoms with E-state index in [1.54, 1.807) is 30.3 Å². The van der Waals surface area contributed by atoms with Crippen molar-refractivity contribution in [3.05, 3.63) is 72.4 Å². The van der Waals surface area contributed by atoms with Crippen LogP contribution >= 0.6 is 0 Å². The third kappa shape index (κ3) is 5.17. The number of benzene rings is 2. The second kappa shape index (κ2) is 10.7. The summed E-state index contributed by atoms with van der Waals surface area (Å²) in [5.41, 5.74) is 3.62. The molecule has 11 heteroatoms. The smallest absolute Gasteiger partial charge is 0.260 e. The Morgan fingerprint density at radius 1 is 1.10 bits per heavy atom. The molecule has 5 rings (SSSR count). The number of rotatable bonds is 6. The molecule has 2 aliphatic rings. The fraction of sp³-hybridized carbons (Fsp3) is 0.276. The molecule has 1 aromatic heterocycles. The molecule has 40 heavy (non-hydrogen) atoms. The molecule has 2 amide bonds. The number of aromatic nitrogens is 2. The zero-order chi connectivity index (χ0) is 28.6. The number of carbonyl (C=O) groups is 2. The van der Waals surface area contributed by atoms with Crippen molar-refractivity contribution in [2.24, 2.45) is 0 Å². The third-order valence-electron chi connectivity index (χ3n) is 7.34. The van der Waals surface area contributed by atoms with Crippen LogP contribution in [0.25, 0.3) is 0 Å². The minimum Gasteiger partial charge on any atom is -0.350 e. The fourth-order valence-corrected chi connectivity index (χ4v) is 6.73. The molecule has 10 nitrogen and oxygen atoms in total. The molecule has 1 saturated heterocycles. The second-order valence-corrected chi connectivity index (χ2v) is 12.3. The van der Waals surface area contributed by atoms with E-state index in [4.69, 9.17) is 4.98 Å². The molecular weight excluding hydrogens is 526 g/mol. The number of fused-ring (bicyclic) bond motifs is 2. The summed E-state index contributed by atoms with van der Waals surface area (Å²) in [4.78, 5) is 38.1. The summed E-state index contributed by atoms with van der Waals surface area (Å²) in [6, 6.07) is 13.1. The van der Waals surface area contributed by atoms with Gasteiger partial charge in [0.1, 0.15) is 5.69 Å². The van der Waals surface area contributed by atoms with Crippen LogP contribution in [-0.2, 0) is 14.5 Å². The van der Waals surface area contributed by atoms with Crippen LogP contribution in [0, 0.1) is 6.92 Å². The third-order valence-corrected chi connectivity index (χ3v) is 9.53. The summed E-state index contributed by atoms with van der Waals surface area (Å²) >= 11 is 0. The van der Waals surface area contributed by atoms with Crippen LogP contribution in [0.4, 0.5) is 28.8 Å². The Kier molecular flexibility index (Phi) is 7.35. The van der Waals surface area contributed by atoms with E-state index >= 15 is 0 Å². The van der Waals surface area contributed by atoms with E-state index < -0.39 is 9.71 Å². The zero-order valence-corrected chi connectivity index (χ0v) is 23.7. The molecule has 3 heterocycles. The number of aryl methyl sites for hydroxylation is 1. The molecule has 0 radical (unpaired) electrons. The first-order chi connectivity index (χ1) is 19.1. The molecule has 3 aromatic rings. The van der Waals surface area contributed by atoms with E-state index in [1.807, 2.05) is 53.5 Å². The Balaban J connectivity index is 1.37. The summed E-state index contributed by atoms with van der Waals surface area (Å²) in [6.45, 7) is 6.55. The lowest BCUT2D eigenvalue weighted by Crippen LogP contribution is -2.46.